The minimum Gasteiger partial charge on any atom is -0.355 e. The zero-order chi connectivity index (χ0) is 16.1. The lowest BCUT2D eigenvalue weighted by molar-refractivity contribution is -0.122. The normalized spacial score (nSPS) is 31.2. The van der Waals surface area contributed by atoms with Gasteiger partial charge in [-0.05, 0) is 43.9 Å². The first kappa shape index (κ1) is 16.6. The average molecular weight is 320 g/mol. The Labute approximate surface area is 140 Å². The number of hydrogen-bond donors (Lipinski definition) is 3. The van der Waals surface area contributed by atoms with Crippen LogP contribution in [0.2, 0.25) is 0 Å². The van der Waals surface area contributed by atoms with Crippen molar-refractivity contribution in [1.29, 1.82) is 0 Å². The fourth-order valence-corrected chi connectivity index (χ4v) is 4.25. The molecular formula is C18H32N4O. The summed E-state index contributed by atoms with van der Waals surface area (Å²) in [5.41, 5.74) is 0. The molecule has 0 aromatic carbocycles. The van der Waals surface area contributed by atoms with Gasteiger partial charge in [0.2, 0.25) is 5.91 Å². The van der Waals surface area contributed by atoms with E-state index in [2.05, 4.69) is 20.9 Å². The fraction of sp³-hybridized carbons (Fsp3) is 0.889. The zero-order valence-corrected chi connectivity index (χ0v) is 14.4. The molecule has 1 amide bonds. The molecule has 3 N–H and O–H groups in total. The highest BCUT2D eigenvalue weighted by molar-refractivity contribution is 5.81. The Bertz CT molecular complexity index is 433. The Morgan fingerprint density at radius 1 is 0.957 bits per heavy atom. The first-order valence-electron chi connectivity index (χ1n) is 9.51. The van der Waals surface area contributed by atoms with Crippen LogP contribution in [0.3, 0.4) is 0 Å². The van der Waals surface area contributed by atoms with E-state index in [0.717, 1.165) is 37.2 Å². The van der Waals surface area contributed by atoms with Crippen LogP contribution in [-0.4, -0.2) is 38.0 Å². The molecule has 0 aromatic heterocycles. The Balaban J connectivity index is 1.34. The van der Waals surface area contributed by atoms with Gasteiger partial charge in [0.15, 0.2) is 5.96 Å². The largest absolute Gasteiger partial charge is 0.355 e. The minimum atomic E-state index is 0.213. The Morgan fingerprint density at radius 2 is 1.70 bits per heavy atom. The first-order valence-corrected chi connectivity index (χ1v) is 9.51. The summed E-state index contributed by atoms with van der Waals surface area (Å²) in [6.45, 7) is 1.41. The number of aliphatic imine (C=N–C) groups is 1. The zero-order valence-electron chi connectivity index (χ0n) is 14.4. The predicted molar refractivity (Wildman–Crippen MR) is 93.3 cm³/mol. The van der Waals surface area contributed by atoms with E-state index < -0.39 is 0 Å². The molecule has 5 nitrogen and oxygen atoms in total. The van der Waals surface area contributed by atoms with Gasteiger partial charge in [-0.3, -0.25) is 9.79 Å². The molecule has 0 heterocycles. The number of nitrogens with zero attached hydrogens (tertiary/aromatic N) is 1. The fourth-order valence-electron chi connectivity index (χ4n) is 4.25. The molecule has 3 fully saturated rings. The molecule has 0 aliphatic heterocycles. The van der Waals surface area contributed by atoms with Crippen LogP contribution in [0.5, 0.6) is 0 Å². The van der Waals surface area contributed by atoms with Crippen molar-refractivity contribution in [3.8, 4) is 0 Å². The Kier molecular flexibility index (Phi) is 5.79. The van der Waals surface area contributed by atoms with Crippen LogP contribution >= 0.6 is 0 Å². The van der Waals surface area contributed by atoms with Crippen LogP contribution in [-0.2, 0) is 4.79 Å². The van der Waals surface area contributed by atoms with Gasteiger partial charge in [-0.15, -0.1) is 0 Å². The van der Waals surface area contributed by atoms with Crippen LogP contribution in [0.1, 0.15) is 57.8 Å². The van der Waals surface area contributed by atoms with Crippen LogP contribution in [0.25, 0.3) is 0 Å². The average Bonchev–Trinajstić information content (AvgIpc) is 3.42. The highest BCUT2D eigenvalue weighted by atomic mass is 16.2. The molecule has 3 aliphatic rings. The maximum atomic E-state index is 11.6. The van der Waals surface area contributed by atoms with Gasteiger partial charge in [0, 0.05) is 32.1 Å². The molecular weight excluding hydrogens is 288 g/mol. The summed E-state index contributed by atoms with van der Waals surface area (Å²) in [5.74, 6) is 3.29. The van der Waals surface area contributed by atoms with Crippen LogP contribution in [0.4, 0.5) is 0 Å². The van der Waals surface area contributed by atoms with Crippen molar-refractivity contribution >= 4 is 11.9 Å². The summed E-state index contributed by atoms with van der Waals surface area (Å²) < 4.78 is 0. The van der Waals surface area contributed by atoms with Crippen LogP contribution in [0, 0.1) is 17.8 Å². The smallest absolute Gasteiger partial charge is 0.223 e. The second-order valence-corrected chi connectivity index (χ2v) is 7.52. The third kappa shape index (κ3) is 4.85. The molecule has 3 saturated carbocycles. The van der Waals surface area contributed by atoms with E-state index in [-0.39, 0.29) is 11.8 Å². The molecule has 3 unspecified atom stereocenters. The van der Waals surface area contributed by atoms with Crippen molar-refractivity contribution in [2.45, 2.75) is 63.8 Å². The van der Waals surface area contributed by atoms with E-state index >= 15 is 0 Å². The maximum Gasteiger partial charge on any atom is 0.223 e. The van der Waals surface area contributed by atoms with E-state index in [1.165, 1.54) is 44.9 Å². The highest BCUT2D eigenvalue weighted by Crippen LogP contribution is 2.40. The topological polar surface area (TPSA) is 65.5 Å². The summed E-state index contributed by atoms with van der Waals surface area (Å²) in [5, 5.41) is 9.90. The van der Waals surface area contributed by atoms with Gasteiger partial charge in [-0.25, -0.2) is 0 Å². The summed E-state index contributed by atoms with van der Waals surface area (Å²) in [7, 11) is 1.82. The van der Waals surface area contributed by atoms with Crippen molar-refractivity contribution in [2.75, 3.05) is 20.1 Å². The van der Waals surface area contributed by atoms with Gasteiger partial charge in [-0.1, -0.05) is 25.7 Å². The van der Waals surface area contributed by atoms with E-state index in [1.54, 1.807) is 0 Å². The first-order chi connectivity index (χ1) is 11.3. The van der Waals surface area contributed by atoms with Crippen molar-refractivity contribution < 1.29 is 4.79 Å². The van der Waals surface area contributed by atoms with Gasteiger partial charge in [0.05, 0.1) is 0 Å². The highest BCUT2D eigenvalue weighted by Gasteiger charge is 2.32. The van der Waals surface area contributed by atoms with Gasteiger partial charge < -0.3 is 16.0 Å². The Hall–Kier alpha value is -1.26. The van der Waals surface area contributed by atoms with Crippen molar-refractivity contribution in [3.05, 3.63) is 0 Å². The van der Waals surface area contributed by atoms with Crippen LogP contribution < -0.4 is 16.0 Å². The van der Waals surface area contributed by atoms with Gasteiger partial charge in [-0.2, -0.15) is 0 Å². The molecule has 0 aromatic rings. The third-order valence-electron chi connectivity index (χ3n) is 5.77. The lowest BCUT2D eigenvalue weighted by Crippen LogP contribution is -2.48. The second-order valence-electron chi connectivity index (χ2n) is 7.52. The number of carbonyl (C=O) groups is 1. The van der Waals surface area contributed by atoms with Gasteiger partial charge in [0.1, 0.15) is 0 Å². The number of carbonyl (C=O) groups excluding carboxylic acids is 1. The van der Waals surface area contributed by atoms with Crippen molar-refractivity contribution in [2.24, 2.45) is 22.7 Å². The molecule has 3 atom stereocenters. The summed E-state index contributed by atoms with van der Waals surface area (Å²) in [6.07, 6.45) is 11.8. The lowest BCUT2D eigenvalue weighted by atomic mass is 9.69. The van der Waals surface area contributed by atoms with Gasteiger partial charge >= 0.3 is 0 Å². The molecule has 0 radical (unpaired) electrons. The molecule has 0 bridgehead atoms. The molecule has 3 rings (SSSR count). The quantitative estimate of drug-likeness (QED) is 0.412. The van der Waals surface area contributed by atoms with Crippen molar-refractivity contribution in [1.82, 2.24) is 16.0 Å². The number of amides is 1. The SMILES string of the molecule is CN=C(NCCNC(=O)C1CC1)NC1CCC2CCCCC2C1. The van der Waals surface area contributed by atoms with Gasteiger partial charge in [0.25, 0.3) is 0 Å². The number of rotatable bonds is 5. The number of hydrogen-bond acceptors (Lipinski definition) is 2. The van der Waals surface area contributed by atoms with Crippen LogP contribution in [0.15, 0.2) is 4.99 Å². The summed E-state index contributed by atoms with van der Waals surface area (Å²) in [6, 6.07) is 0.557. The Morgan fingerprint density at radius 3 is 2.43 bits per heavy atom. The number of fused-ring (bicyclic) bond motifs is 1. The second kappa shape index (κ2) is 8.02. The van der Waals surface area contributed by atoms with E-state index in [4.69, 9.17) is 0 Å². The predicted octanol–water partition coefficient (Wildman–Crippen LogP) is 2.04. The van der Waals surface area contributed by atoms with Crippen molar-refractivity contribution in [3.63, 3.8) is 0 Å². The molecule has 23 heavy (non-hydrogen) atoms. The monoisotopic (exact) mass is 320 g/mol. The number of nitrogens with one attached hydrogen (secondary N) is 3. The lowest BCUT2D eigenvalue weighted by Gasteiger charge is -2.39. The van der Waals surface area contributed by atoms with E-state index in [0.29, 0.717) is 12.6 Å². The molecule has 130 valence electrons. The molecule has 0 spiro atoms. The van der Waals surface area contributed by atoms with E-state index in [9.17, 15) is 4.79 Å². The minimum absolute atomic E-state index is 0.213. The summed E-state index contributed by atoms with van der Waals surface area (Å²) in [4.78, 5) is 15.9. The maximum absolute atomic E-state index is 11.6. The number of guanidine groups is 1. The molecule has 3 aliphatic carbocycles. The molecule has 0 saturated heterocycles. The van der Waals surface area contributed by atoms with E-state index in [1.807, 2.05) is 7.05 Å². The standard InChI is InChI=1S/C18H32N4O/c1-19-18(21-11-10-20-17(23)14-6-7-14)22-16-9-8-13-4-2-3-5-15(13)12-16/h13-16H,2-12H2,1H3,(H,20,23)(H2,19,21,22). The third-order valence-corrected chi connectivity index (χ3v) is 5.77. The molecule has 5 heteroatoms. The summed E-state index contributed by atoms with van der Waals surface area (Å²) >= 11 is 0.